The highest BCUT2D eigenvalue weighted by atomic mass is 35.5. The van der Waals surface area contributed by atoms with Crippen LogP contribution in [0.1, 0.15) is 37.0 Å². The summed E-state index contributed by atoms with van der Waals surface area (Å²) < 4.78 is 5.73. The highest BCUT2D eigenvalue weighted by Gasteiger charge is 2.27. The minimum Gasteiger partial charge on any atom is -0.484 e. The second-order valence-corrected chi connectivity index (χ2v) is 8.61. The van der Waals surface area contributed by atoms with E-state index in [4.69, 9.17) is 39.5 Å². The molecule has 0 saturated carbocycles. The summed E-state index contributed by atoms with van der Waals surface area (Å²) in [5.41, 5.74) is 2.41. The van der Waals surface area contributed by atoms with E-state index in [1.807, 2.05) is 20.8 Å². The summed E-state index contributed by atoms with van der Waals surface area (Å²) in [6, 6.07) is 7.90. The third-order valence-electron chi connectivity index (χ3n) is 4.84. The Bertz CT molecular complexity index is 927. The lowest BCUT2D eigenvalue weighted by molar-refractivity contribution is -0.142. The van der Waals surface area contributed by atoms with E-state index >= 15 is 0 Å². The zero-order valence-electron chi connectivity index (χ0n) is 18.1. The standard InChI is InChI=1S/C23H27Cl3N2O3/c1-5-8-27-23(30)16(4)28(12-17-6-7-18(24)11-20(17)25)21(29)13-31-19-9-14(2)22(26)15(3)10-19/h6-7,9-11,16H,5,8,12-13H2,1-4H3,(H,27,30). The van der Waals surface area contributed by atoms with Crippen molar-refractivity contribution >= 4 is 46.6 Å². The predicted octanol–water partition coefficient (Wildman–Crippen LogP) is 5.59. The summed E-state index contributed by atoms with van der Waals surface area (Å²) in [6.45, 7) is 7.86. The molecule has 0 fully saturated rings. The second kappa shape index (κ2) is 11.6. The molecule has 0 heterocycles. The number of nitrogens with one attached hydrogen (secondary N) is 1. The SMILES string of the molecule is CCCNC(=O)C(C)N(Cc1ccc(Cl)cc1Cl)C(=O)COc1cc(C)c(Cl)c(C)c1. The Kier molecular flexibility index (Phi) is 9.48. The average Bonchev–Trinajstić information content (AvgIpc) is 2.73. The molecule has 1 unspecified atom stereocenters. The van der Waals surface area contributed by atoms with Crippen LogP contribution in [0.15, 0.2) is 30.3 Å². The fourth-order valence-corrected chi connectivity index (χ4v) is 3.61. The number of ether oxygens (including phenoxy) is 1. The van der Waals surface area contributed by atoms with Crippen LogP contribution in [-0.4, -0.2) is 35.9 Å². The average molecular weight is 486 g/mol. The Labute approximate surface area is 198 Å². The van der Waals surface area contributed by atoms with E-state index in [1.165, 1.54) is 4.90 Å². The lowest BCUT2D eigenvalue weighted by Gasteiger charge is -2.29. The zero-order chi connectivity index (χ0) is 23.1. The van der Waals surface area contributed by atoms with E-state index < -0.39 is 6.04 Å². The van der Waals surface area contributed by atoms with Gasteiger partial charge in [-0.25, -0.2) is 0 Å². The van der Waals surface area contributed by atoms with Crippen molar-refractivity contribution in [3.8, 4) is 5.75 Å². The third kappa shape index (κ3) is 7.03. The zero-order valence-corrected chi connectivity index (χ0v) is 20.4. The van der Waals surface area contributed by atoms with Gasteiger partial charge in [-0.1, -0.05) is 47.8 Å². The molecule has 0 aliphatic heterocycles. The minimum atomic E-state index is -0.705. The van der Waals surface area contributed by atoms with Crippen molar-refractivity contribution in [2.45, 2.75) is 46.7 Å². The van der Waals surface area contributed by atoms with E-state index in [2.05, 4.69) is 5.32 Å². The quantitative estimate of drug-likeness (QED) is 0.504. The van der Waals surface area contributed by atoms with Crippen LogP contribution in [0.5, 0.6) is 5.75 Å². The molecule has 2 aromatic rings. The molecule has 0 bridgehead atoms. The van der Waals surface area contributed by atoms with Gasteiger partial charge in [0.1, 0.15) is 11.8 Å². The third-order valence-corrected chi connectivity index (χ3v) is 6.03. The number of halogens is 3. The van der Waals surface area contributed by atoms with E-state index in [-0.39, 0.29) is 25.0 Å². The van der Waals surface area contributed by atoms with Gasteiger partial charge in [0.15, 0.2) is 6.61 Å². The van der Waals surface area contributed by atoms with Crippen LogP contribution in [0.3, 0.4) is 0 Å². The molecule has 2 amide bonds. The highest BCUT2D eigenvalue weighted by Crippen LogP contribution is 2.26. The van der Waals surface area contributed by atoms with Gasteiger partial charge >= 0.3 is 0 Å². The summed E-state index contributed by atoms with van der Waals surface area (Å²) in [4.78, 5) is 27.1. The molecule has 2 rings (SSSR count). The molecular weight excluding hydrogens is 459 g/mol. The number of carbonyl (C=O) groups excluding carboxylic acids is 2. The maximum absolute atomic E-state index is 13.1. The van der Waals surface area contributed by atoms with Crippen molar-refractivity contribution in [2.24, 2.45) is 0 Å². The van der Waals surface area contributed by atoms with Gasteiger partial charge in [-0.15, -0.1) is 0 Å². The molecule has 0 aromatic heterocycles. The molecule has 1 N–H and O–H groups in total. The Hall–Kier alpha value is -1.95. The Balaban J connectivity index is 2.21. The van der Waals surface area contributed by atoms with Gasteiger partial charge in [0.2, 0.25) is 5.91 Å². The van der Waals surface area contributed by atoms with Crippen LogP contribution in [0, 0.1) is 13.8 Å². The molecule has 2 aromatic carbocycles. The molecule has 0 aliphatic rings. The predicted molar refractivity (Wildman–Crippen MR) is 126 cm³/mol. The Morgan fingerprint density at radius 1 is 1.10 bits per heavy atom. The van der Waals surface area contributed by atoms with Crippen LogP contribution in [0.4, 0.5) is 0 Å². The number of hydrogen-bond acceptors (Lipinski definition) is 3. The monoisotopic (exact) mass is 484 g/mol. The lowest BCUT2D eigenvalue weighted by Crippen LogP contribution is -2.49. The van der Waals surface area contributed by atoms with Crippen molar-refractivity contribution in [3.05, 3.63) is 62.1 Å². The van der Waals surface area contributed by atoms with Crippen LogP contribution < -0.4 is 10.1 Å². The maximum Gasteiger partial charge on any atom is 0.261 e. The molecule has 8 heteroatoms. The van der Waals surface area contributed by atoms with Crippen molar-refractivity contribution in [3.63, 3.8) is 0 Å². The topological polar surface area (TPSA) is 58.6 Å². The van der Waals surface area contributed by atoms with E-state index in [9.17, 15) is 9.59 Å². The van der Waals surface area contributed by atoms with Gasteiger partial charge in [0.05, 0.1) is 0 Å². The van der Waals surface area contributed by atoms with Crippen molar-refractivity contribution in [1.29, 1.82) is 0 Å². The highest BCUT2D eigenvalue weighted by molar-refractivity contribution is 6.35. The number of rotatable bonds is 9. The molecule has 0 spiro atoms. The van der Waals surface area contributed by atoms with Crippen LogP contribution in [0.25, 0.3) is 0 Å². The molecule has 1 atom stereocenters. The summed E-state index contributed by atoms with van der Waals surface area (Å²) in [5.74, 6) is -0.0331. The van der Waals surface area contributed by atoms with Crippen molar-refractivity contribution in [1.82, 2.24) is 10.2 Å². The first-order valence-electron chi connectivity index (χ1n) is 10.0. The number of carbonyl (C=O) groups is 2. The minimum absolute atomic E-state index is 0.150. The summed E-state index contributed by atoms with van der Waals surface area (Å²) in [5, 5.41) is 4.42. The molecule has 168 valence electrons. The molecular formula is C23H27Cl3N2O3. The first-order valence-corrected chi connectivity index (χ1v) is 11.2. The molecule has 0 aliphatic carbocycles. The van der Waals surface area contributed by atoms with Gasteiger partial charge in [0, 0.05) is 28.2 Å². The van der Waals surface area contributed by atoms with Crippen LogP contribution >= 0.6 is 34.8 Å². The molecule has 31 heavy (non-hydrogen) atoms. The first kappa shape index (κ1) is 25.3. The number of benzene rings is 2. The van der Waals surface area contributed by atoms with Gasteiger partial charge in [-0.2, -0.15) is 0 Å². The number of amides is 2. The largest absolute Gasteiger partial charge is 0.484 e. The normalized spacial score (nSPS) is 11.7. The summed E-state index contributed by atoms with van der Waals surface area (Å²) in [7, 11) is 0. The Morgan fingerprint density at radius 3 is 2.32 bits per heavy atom. The number of aryl methyl sites for hydroxylation is 2. The van der Waals surface area contributed by atoms with Crippen LogP contribution in [0.2, 0.25) is 15.1 Å². The Morgan fingerprint density at radius 2 is 1.74 bits per heavy atom. The molecule has 0 radical (unpaired) electrons. The van der Waals surface area contributed by atoms with Crippen molar-refractivity contribution in [2.75, 3.05) is 13.2 Å². The van der Waals surface area contributed by atoms with Gasteiger partial charge in [0.25, 0.3) is 5.91 Å². The van der Waals surface area contributed by atoms with E-state index in [0.717, 1.165) is 17.5 Å². The van der Waals surface area contributed by atoms with Crippen LogP contribution in [-0.2, 0) is 16.1 Å². The lowest BCUT2D eigenvalue weighted by atomic mass is 10.1. The van der Waals surface area contributed by atoms with Gasteiger partial charge < -0.3 is 15.0 Å². The summed E-state index contributed by atoms with van der Waals surface area (Å²) >= 11 is 18.5. The first-order chi connectivity index (χ1) is 14.6. The van der Waals surface area contributed by atoms with E-state index in [1.54, 1.807) is 37.3 Å². The second-order valence-electron chi connectivity index (χ2n) is 7.38. The smallest absolute Gasteiger partial charge is 0.261 e. The number of nitrogens with zero attached hydrogens (tertiary/aromatic N) is 1. The fourth-order valence-electron chi connectivity index (χ4n) is 3.03. The molecule has 5 nitrogen and oxygen atoms in total. The fraction of sp³-hybridized carbons (Fsp3) is 0.391. The van der Waals surface area contributed by atoms with Gasteiger partial charge in [-0.05, 0) is 68.1 Å². The van der Waals surface area contributed by atoms with Gasteiger partial charge in [-0.3, -0.25) is 9.59 Å². The van der Waals surface area contributed by atoms with E-state index in [0.29, 0.717) is 32.9 Å². The maximum atomic E-state index is 13.1. The van der Waals surface area contributed by atoms with Crippen molar-refractivity contribution < 1.29 is 14.3 Å². The number of hydrogen-bond donors (Lipinski definition) is 1. The molecule has 0 saturated heterocycles. The summed E-state index contributed by atoms with van der Waals surface area (Å²) in [6.07, 6.45) is 0.799.